The van der Waals surface area contributed by atoms with Gasteiger partial charge in [-0.3, -0.25) is 4.98 Å². The molecule has 0 saturated carbocycles. The topological polar surface area (TPSA) is 37.4 Å². The van der Waals surface area contributed by atoms with Crippen molar-refractivity contribution < 1.29 is 4.74 Å². The Bertz CT molecular complexity index is 867. The second-order valence-electron chi connectivity index (χ2n) is 5.71. The van der Waals surface area contributed by atoms with Crippen molar-refractivity contribution in [3.63, 3.8) is 0 Å². The minimum Gasteiger partial charge on any atom is -0.497 e. The van der Waals surface area contributed by atoms with Gasteiger partial charge < -0.3 is 15.0 Å². The van der Waals surface area contributed by atoms with Gasteiger partial charge in [0.05, 0.1) is 24.9 Å². The summed E-state index contributed by atoms with van der Waals surface area (Å²) in [6.07, 6.45) is 1.82. The number of thiocarbonyl (C=S) groups is 1. The van der Waals surface area contributed by atoms with Crippen molar-refractivity contribution >= 4 is 34.4 Å². The molecule has 1 saturated heterocycles. The highest BCUT2D eigenvalue weighted by Crippen LogP contribution is 2.43. The van der Waals surface area contributed by atoms with Gasteiger partial charge in [-0.25, -0.2) is 0 Å². The average Bonchev–Trinajstić information content (AvgIpc) is 3.30. The first-order valence-electron chi connectivity index (χ1n) is 7.96. The summed E-state index contributed by atoms with van der Waals surface area (Å²) in [7, 11) is 1.67. The molecule has 0 amide bonds. The van der Waals surface area contributed by atoms with Gasteiger partial charge in [-0.1, -0.05) is 18.2 Å². The number of hydrogen-bond acceptors (Lipinski definition) is 4. The first kappa shape index (κ1) is 16.1. The molecule has 0 radical (unpaired) electrons. The maximum absolute atomic E-state index is 5.68. The standard InChI is InChI=1S/C19H17N3OS2/c1-23-14-7-4-6-13(12-14)22-18(16-9-5-11-25-16)17(21-19(22)24)15-8-2-3-10-20-15/h2-12,17-18H,1H3,(H,21,24)/t17-,18+/m1/s1. The number of nitrogens with one attached hydrogen (secondary N) is 1. The third kappa shape index (κ3) is 2.99. The minimum atomic E-state index is -0.00134. The number of benzene rings is 1. The fourth-order valence-corrected chi connectivity index (χ4v) is 4.34. The van der Waals surface area contributed by atoms with Crippen LogP contribution in [0.3, 0.4) is 0 Å². The molecule has 1 N–H and O–H groups in total. The van der Waals surface area contributed by atoms with Crippen molar-refractivity contribution in [2.75, 3.05) is 12.0 Å². The molecular weight excluding hydrogens is 350 g/mol. The monoisotopic (exact) mass is 367 g/mol. The lowest BCUT2D eigenvalue weighted by Gasteiger charge is -2.27. The first-order valence-corrected chi connectivity index (χ1v) is 9.25. The number of aromatic nitrogens is 1. The molecule has 0 unspecified atom stereocenters. The molecule has 1 aliphatic heterocycles. The number of rotatable bonds is 4. The normalized spacial score (nSPS) is 19.7. The van der Waals surface area contributed by atoms with Crippen molar-refractivity contribution in [1.82, 2.24) is 10.3 Å². The molecule has 2 aromatic heterocycles. The molecule has 4 rings (SSSR count). The van der Waals surface area contributed by atoms with Crippen LogP contribution in [0.4, 0.5) is 5.69 Å². The van der Waals surface area contributed by atoms with Crippen LogP contribution in [-0.2, 0) is 0 Å². The van der Waals surface area contributed by atoms with Crippen LogP contribution in [0.25, 0.3) is 0 Å². The molecule has 0 bridgehead atoms. The zero-order chi connectivity index (χ0) is 17.2. The van der Waals surface area contributed by atoms with Crippen molar-refractivity contribution in [3.05, 3.63) is 76.7 Å². The summed E-state index contributed by atoms with van der Waals surface area (Å²) >= 11 is 7.41. The smallest absolute Gasteiger partial charge is 0.174 e. The number of methoxy groups -OCH3 is 1. The SMILES string of the molecule is COc1cccc(N2C(=S)N[C@H](c3ccccn3)[C@@H]2c2cccs2)c1. The van der Waals surface area contributed by atoms with E-state index in [0.29, 0.717) is 5.11 Å². The summed E-state index contributed by atoms with van der Waals surface area (Å²) in [5.74, 6) is 0.812. The number of hydrogen-bond donors (Lipinski definition) is 1. The van der Waals surface area contributed by atoms with Gasteiger partial charge in [-0.15, -0.1) is 11.3 Å². The fourth-order valence-electron chi connectivity index (χ4n) is 3.14. The lowest BCUT2D eigenvalue weighted by molar-refractivity contribution is 0.415. The molecular formula is C19H17N3OS2. The Balaban J connectivity index is 1.80. The van der Waals surface area contributed by atoms with Crippen LogP contribution in [0.2, 0.25) is 0 Å². The lowest BCUT2D eigenvalue weighted by atomic mass is 10.0. The van der Waals surface area contributed by atoms with E-state index in [1.165, 1.54) is 4.88 Å². The van der Waals surface area contributed by atoms with E-state index < -0.39 is 0 Å². The molecule has 25 heavy (non-hydrogen) atoms. The van der Waals surface area contributed by atoms with Crippen molar-refractivity contribution in [2.45, 2.75) is 12.1 Å². The summed E-state index contributed by atoms with van der Waals surface area (Å²) in [5, 5.41) is 6.25. The number of ether oxygens (including phenoxy) is 1. The molecule has 4 nitrogen and oxygen atoms in total. The van der Waals surface area contributed by atoms with Gasteiger partial charge in [-0.05, 0) is 47.9 Å². The van der Waals surface area contributed by atoms with E-state index in [2.05, 4.69) is 38.8 Å². The van der Waals surface area contributed by atoms with Crippen LogP contribution in [0.1, 0.15) is 22.7 Å². The minimum absolute atomic E-state index is 0.00134. The molecule has 0 aliphatic carbocycles. The third-order valence-electron chi connectivity index (χ3n) is 4.26. The van der Waals surface area contributed by atoms with Crippen LogP contribution < -0.4 is 15.0 Å². The van der Waals surface area contributed by atoms with Crippen LogP contribution in [0, 0.1) is 0 Å². The van der Waals surface area contributed by atoms with Crippen molar-refractivity contribution in [1.29, 1.82) is 0 Å². The third-order valence-corrected chi connectivity index (χ3v) is 5.52. The van der Waals surface area contributed by atoms with Crippen LogP contribution in [-0.4, -0.2) is 17.2 Å². The van der Waals surface area contributed by atoms with E-state index in [1.807, 2.05) is 42.6 Å². The summed E-state index contributed by atoms with van der Waals surface area (Å²) in [6, 6.07) is 18.2. The highest BCUT2D eigenvalue weighted by atomic mass is 32.1. The Morgan fingerprint density at radius 3 is 2.80 bits per heavy atom. The predicted molar refractivity (Wildman–Crippen MR) is 105 cm³/mol. The average molecular weight is 367 g/mol. The van der Waals surface area contributed by atoms with E-state index in [4.69, 9.17) is 17.0 Å². The molecule has 6 heteroatoms. The van der Waals surface area contributed by atoms with Gasteiger partial charge in [0.15, 0.2) is 5.11 Å². The number of anilines is 1. The van der Waals surface area contributed by atoms with E-state index in [1.54, 1.807) is 18.4 Å². The van der Waals surface area contributed by atoms with E-state index >= 15 is 0 Å². The zero-order valence-corrected chi connectivity index (χ0v) is 15.3. The van der Waals surface area contributed by atoms with Gasteiger partial charge >= 0.3 is 0 Å². The molecule has 1 fully saturated rings. The number of pyridine rings is 1. The summed E-state index contributed by atoms with van der Waals surface area (Å²) in [5.41, 5.74) is 1.99. The van der Waals surface area contributed by atoms with Crippen LogP contribution in [0.15, 0.2) is 66.2 Å². The Labute approximate surface area is 156 Å². The highest BCUT2D eigenvalue weighted by Gasteiger charge is 2.41. The first-order chi connectivity index (χ1) is 12.3. The van der Waals surface area contributed by atoms with Gasteiger partial charge in [-0.2, -0.15) is 0 Å². The molecule has 3 aromatic rings. The second-order valence-corrected chi connectivity index (χ2v) is 7.08. The van der Waals surface area contributed by atoms with Crippen LogP contribution >= 0.6 is 23.6 Å². The van der Waals surface area contributed by atoms with Gasteiger partial charge in [0, 0.05) is 22.8 Å². The fraction of sp³-hybridized carbons (Fsp3) is 0.158. The molecule has 2 atom stereocenters. The van der Waals surface area contributed by atoms with E-state index in [-0.39, 0.29) is 12.1 Å². The van der Waals surface area contributed by atoms with Crippen LogP contribution in [0.5, 0.6) is 5.75 Å². The van der Waals surface area contributed by atoms with Crippen molar-refractivity contribution in [2.24, 2.45) is 0 Å². The van der Waals surface area contributed by atoms with E-state index in [0.717, 1.165) is 17.1 Å². The molecule has 126 valence electrons. The molecule has 1 aliphatic rings. The summed E-state index contributed by atoms with van der Waals surface area (Å²) in [4.78, 5) is 7.95. The summed E-state index contributed by atoms with van der Waals surface area (Å²) < 4.78 is 5.39. The lowest BCUT2D eigenvalue weighted by Crippen LogP contribution is -2.29. The molecule has 1 aromatic carbocycles. The van der Waals surface area contributed by atoms with Gasteiger partial charge in [0.25, 0.3) is 0 Å². The van der Waals surface area contributed by atoms with E-state index in [9.17, 15) is 0 Å². The van der Waals surface area contributed by atoms with Gasteiger partial charge in [0.1, 0.15) is 5.75 Å². The predicted octanol–water partition coefficient (Wildman–Crippen LogP) is 4.33. The molecule has 3 heterocycles. The highest BCUT2D eigenvalue weighted by molar-refractivity contribution is 7.80. The maximum atomic E-state index is 5.68. The Hall–Kier alpha value is -2.44. The molecule has 0 spiro atoms. The summed E-state index contributed by atoms with van der Waals surface area (Å²) in [6.45, 7) is 0. The quantitative estimate of drug-likeness (QED) is 0.695. The van der Waals surface area contributed by atoms with Crippen molar-refractivity contribution in [3.8, 4) is 5.75 Å². The largest absolute Gasteiger partial charge is 0.497 e. The number of nitrogens with zero attached hydrogens (tertiary/aromatic N) is 2. The maximum Gasteiger partial charge on any atom is 0.174 e. The van der Waals surface area contributed by atoms with Gasteiger partial charge in [0.2, 0.25) is 0 Å². The Morgan fingerprint density at radius 1 is 1.16 bits per heavy atom. The Morgan fingerprint density at radius 2 is 2.08 bits per heavy atom. The Kier molecular flexibility index (Phi) is 4.38. The zero-order valence-electron chi connectivity index (χ0n) is 13.6. The number of thiophene rings is 1. The second kappa shape index (κ2) is 6.82.